The van der Waals surface area contributed by atoms with Crippen LogP contribution in [0.25, 0.3) is 11.1 Å². The van der Waals surface area contributed by atoms with Crippen LogP contribution in [0, 0.1) is 0 Å². The van der Waals surface area contributed by atoms with E-state index in [0.717, 1.165) is 73.1 Å². The number of nitrogens with one attached hydrogen (secondary N) is 4. The maximum atomic E-state index is 15.0. The number of halogens is 2. The highest BCUT2D eigenvalue weighted by Gasteiger charge is 2.45. The number of rotatable bonds is 16. The summed E-state index contributed by atoms with van der Waals surface area (Å²) >= 11 is 0. The van der Waals surface area contributed by atoms with E-state index in [1.54, 1.807) is 42.4 Å². The van der Waals surface area contributed by atoms with Gasteiger partial charge in [0, 0.05) is 99.2 Å². The molecule has 2 aromatic carbocycles. The van der Waals surface area contributed by atoms with Crippen molar-refractivity contribution in [3.05, 3.63) is 76.2 Å². The highest BCUT2D eigenvalue weighted by Crippen LogP contribution is 2.44. The predicted octanol–water partition coefficient (Wildman–Crippen LogP) is 5.40. The number of carbonyl (C=O) groups is 6. The van der Waals surface area contributed by atoms with Crippen molar-refractivity contribution in [2.75, 3.05) is 56.7 Å². The molecule has 4 aromatic rings. The van der Waals surface area contributed by atoms with E-state index >= 15 is 8.78 Å². The van der Waals surface area contributed by atoms with Gasteiger partial charge >= 0.3 is 6.03 Å². The van der Waals surface area contributed by atoms with Gasteiger partial charge in [-0.2, -0.15) is 10.2 Å². The summed E-state index contributed by atoms with van der Waals surface area (Å²) in [6.07, 6.45) is 8.55. The Labute approximate surface area is 392 Å². The molecule has 2 saturated heterocycles. The van der Waals surface area contributed by atoms with Crippen LogP contribution in [0.15, 0.2) is 42.7 Å². The largest absolute Gasteiger partial charge is 0.384 e. The SMILES string of the molecule is CNC(=O)N1CCc2c(c(N3CCCc4cc(-c5cnn(CC(=O)NCCCCCCCNc6cccc7c6C(=O)N(C6CCC(=O)NC6=O)C7=O)c5)c(C(F)F)cc43)nn2C2CCOCC2)C1. The standard InChI is InChI=1S/C48H57F2N11O7/c1-51-48(67)57-20-14-37-35(27-57)44(56-61(37)31-15-21-68-22-16-31)59-19-8-9-29-23-33(34(43(49)50)24-39(29)59)30-25-54-58(26-30)28-41(63)53-18-6-4-2-3-5-17-52-36-11-7-10-32-42(36)47(66)60(46(32)65)38-12-13-40(62)55-45(38)64/h7,10-11,23-26,31,38,43,52H,2-6,8-9,12-22,27-28H2,1H3,(H,51,67)(H,53,63)(H,55,62,64). The number of imide groups is 2. The van der Waals surface area contributed by atoms with Gasteiger partial charge in [-0.05, 0) is 80.3 Å². The van der Waals surface area contributed by atoms with Crippen LogP contribution in [0.5, 0.6) is 0 Å². The summed E-state index contributed by atoms with van der Waals surface area (Å²) in [6.45, 7) is 3.79. The van der Waals surface area contributed by atoms with E-state index < -0.39 is 36.1 Å². The molecule has 0 bridgehead atoms. The summed E-state index contributed by atoms with van der Waals surface area (Å²) in [7, 11) is 1.61. The number of carbonyl (C=O) groups excluding carboxylic acids is 6. The summed E-state index contributed by atoms with van der Waals surface area (Å²) in [6, 6.07) is 7.36. The Bertz CT molecular complexity index is 2610. The average molecular weight is 938 g/mol. The monoisotopic (exact) mass is 937 g/mol. The first-order valence-electron chi connectivity index (χ1n) is 23.8. The van der Waals surface area contributed by atoms with Crippen LogP contribution in [0.1, 0.15) is 120 Å². The topological polar surface area (TPSA) is 205 Å². The van der Waals surface area contributed by atoms with Crippen LogP contribution in [-0.2, 0) is 45.1 Å². The number of anilines is 3. The Morgan fingerprint density at radius 3 is 2.50 bits per heavy atom. The molecule has 4 N–H and O–H groups in total. The van der Waals surface area contributed by atoms with Crippen molar-refractivity contribution in [2.45, 2.75) is 109 Å². The number of nitrogens with zero attached hydrogens (tertiary/aromatic N) is 7. The zero-order valence-electron chi connectivity index (χ0n) is 38.2. The molecule has 5 aliphatic rings. The molecule has 1 unspecified atom stereocenters. The summed E-state index contributed by atoms with van der Waals surface area (Å²) in [5.74, 6) is -1.71. The van der Waals surface area contributed by atoms with Crippen LogP contribution in [0.4, 0.5) is 30.8 Å². The molecule has 20 heteroatoms. The number of fused-ring (bicyclic) bond motifs is 3. The first-order valence-corrected chi connectivity index (χ1v) is 23.8. The van der Waals surface area contributed by atoms with E-state index in [4.69, 9.17) is 9.84 Å². The van der Waals surface area contributed by atoms with E-state index in [1.807, 2.05) is 6.07 Å². The van der Waals surface area contributed by atoms with Gasteiger partial charge in [0.05, 0.1) is 29.9 Å². The third-order valence-electron chi connectivity index (χ3n) is 13.7. The van der Waals surface area contributed by atoms with Gasteiger partial charge in [-0.25, -0.2) is 13.6 Å². The third-order valence-corrected chi connectivity index (χ3v) is 13.7. The number of unbranched alkanes of at least 4 members (excludes halogenated alkanes) is 4. The van der Waals surface area contributed by atoms with Crippen molar-refractivity contribution in [1.29, 1.82) is 0 Å². The van der Waals surface area contributed by atoms with Gasteiger partial charge in [-0.3, -0.25) is 43.6 Å². The normalized spacial score (nSPS) is 18.4. The summed E-state index contributed by atoms with van der Waals surface area (Å²) in [4.78, 5) is 81.0. The van der Waals surface area contributed by atoms with E-state index in [0.29, 0.717) is 87.1 Å². The van der Waals surface area contributed by atoms with Crippen LogP contribution in [0.2, 0.25) is 0 Å². The minimum Gasteiger partial charge on any atom is -0.384 e. The number of amides is 7. The van der Waals surface area contributed by atoms with Crippen molar-refractivity contribution in [1.82, 2.24) is 45.3 Å². The summed E-state index contributed by atoms with van der Waals surface area (Å²) < 4.78 is 39.2. The molecule has 2 aromatic heterocycles. The van der Waals surface area contributed by atoms with Crippen molar-refractivity contribution < 1.29 is 42.3 Å². The first-order chi connectivity index (χ1) is 33.0. The number of hydrogen-bond acceptors (Lipinski definition) is 11. The zero-order chi connectivity index (χ0) is 47.5. The lowest BCUT2D eigenvalue weighted by atomic mass is 9.92. The molecule has 2 fully saturated rings. The fraction of sp³-hybridized carbons (Fsp3) is 0.500. The highest BCUT2D eigenvalue weighted by molar-refractivity contribution is 6.25. The second-order valence-electron chi connectivity index (χ2n) is 18.0. The number of hydrogen-bond donors (Lipinski definition) is 4. The molecular formula is C48H57F2N11O7. The zero-order valence-corrected chi connectivity index (χ0v) is 38.2. The van der Waals surface area contributed by atoms with Gasteiger partial charge in [0.2, 0.25) is 17.7 Å². The van der Waals surface area contributed by atoms with Gasteiger partial charge in [0.25, 0.3) is 18.2 Å². The second-order valence-corrected chi connectivity index (χ2v) is 18.0. The maximum absolute atomic E-state index is 15.0. The second kappa shape index (κ2) is 20.3. The molecule has 0 radical (unpaired) electrons. The van der Waals surface area contributed by atoms with Gasteiger partial charge in [-0.1, -0.05) is 25.3 Å². The van der Waals surface area contributed by atoms with Gasteiger partial charge < -0.3 is 30.5 Å². The van der Waals surface area contributed by atoms with Gasteiger partial charge in [0.1, 0.15) is 12.6 Å². The number of piperidine rings is 1. The fourth-order valence-corrected chi connectivity index (χ4v) is 10.2. The number of urea groups is 1. The first kappa shape index (κ1) is 46.4. The minimum absolute atomic E-state index is 0.0540. The van der Waals surface area contributed by atoms with Crippen molar-refractivity contribution >= 4 is 52.8 Å². The van der Waals surface area contributed by atoms with E-state index in [1.165, 1.54) is 10.9 Å². The molecule has 0 aliphatic carbocycles. The Morgan fingerprint density at radius 2 is 1.72 bits per heavy atom. The molecule has 18 nitrogen and oxygen atoms in total. The average Bonchev–Trinajstić information content (AvgIpc) is 4.04. The smallest absolute Gasteiger partial charge is 0.317 e. The lowest BCUT2D eigenvalue weighted by Gasteiger charge is -2.33. The lowest BCUT2D eigenvalue weighted by Crippen LogP contribution is -2.54. The van der Waals surface area contributed by atoms with E-state index in [-0.39, 0.29) is 54.1 Å². The Kier molecular flexibility index (Phi) is 13.8. The number of alkyl halides is 2. The molecule has 5 aliphatic heterocycles. The molecule has 1 atom stereocenters. The Morgan fingerprint density at radius 1 is 0.926 bits per heavy atom. The number of ether oxygens (including phenoxy) is 1. The fourth-order valence-electron chi connectivity index (χ4n) is 10.2. The molecule has 0 spiro atoms. The molecule has 7 heterocycles. The quantitative estimate of drug-likeness (QED) is 0.0828. The maximum Gasteiger partial charge on any atom is 0.317 e. The number of aromatic nitrogens is 4. The molecular weight excluding hydrogens is 881 g/mol. The number of aryl methyl sites for hydroxylation is 1. The van der Waals surface area contributed by atoms with Crippen LogP contribution >= 0.6 is 0 Å². The van der Waals surface area contributed by atoms with Crippen LogP contribution in [0.3, 0.4) is 0 Å². The van der Waals surface area contributed by atoms with Crippen molar-refractivity contribution in [2.24, 2.45) is 0 Å². The lowest BCUT2D eigenvalue weighted by molar-refractivity contribution is -0.136. The predicted molar refractivity (Wildman–Crippen MR) is 246 cm³/mol. The Hall–Kier alpha value is -6.70. The summed E-state index contributed by atoms with van der Waals surface area (Å²) in [5.41, 5.74) is 5.35. The third kappa shape index (κ3) is 9.42. The highest BCUT2D eigenvalue weighted by atomic mass is 19.3. The van der Waals surface area contributed by atoms with Gasteiger partial charge in [-0.15, -0.1) is 0 Å². The molecule has 68 heavy (non-hydrogen) atoms. The summed E-state index contributed by atoms with van der Waals surface area (Å²) in [5, 5.41) is 20.7. The molecule has 9 rings (SSSR count). The Balaban J connectivity index is 0.764. The molecule has 7 amide bonds. The van der Waals surface area contributed by atoms with Gasteiger partial charge in [0.15, 0.2) is 5.82 Å². The number of benzene rings is 2. The molecule has 0 saturated carbocycles. The van der Waals surface area contributed by atoms with E-state index in [2.05, 4.69) is 35.9 Å². The molecule has 360 valence electrons. The van der Waals surface area contributed by atoms with Crippen LogP contribution in [-0.4, -0.2) is 117 Å². The van der Waals surface area contributed by atoms with E-state index in [9.17, 15) is 28.8 Å². The minimum atomic E-state index is -2.78. The van der Waals surface area contributed by atoms with Crippen molar-refractivity contribution in [3.63, 3.8) is 0 Å². The van der Waals surface area contributed by atoms with Crippen LogP contribution < -0.4 is 26.2 Å². The van der Waals surface area contributed by atoms with Crippen molar-refractivity contribution in [3.8, 4) is 11.1 Å².